The van der Waals surface area contributed by atoms with Gasteiger partial charge in [0, 0.05) is 58.3 Å². The van der Waals surface area contributed by atoms with E-state index in [1.807, 2.05) is 16.7 Å². The summed E-state index contributed by atoms with van der Waals surface area (Å²) >= 11 is 0. The zero-order chi connectivity index (χ0) is 21.8. The Bertz CT molecular complexity index is 759. The highest BCUT2D eigenvalue weighted by Gasteiger charge is 2.34. The summed E-state index contributed by atoms with van der Waals surface area (Å²) in [6.45, 7) is 7.78. The van der Waals surface area contributed by atoms with Crippen molar-refractivity contribution in [2.45, 2.75) is 45.1 Å². The minimum Gasteiger partial charge on any atom is -0.472 e. The largest absolute Gasteiger partial charge is 0.472 e. The average Bonchev–Trinajstić information content (AvgIpc) is 3.38. The Morgan fingerprint density at radius 2 is 1.55 bits per heavy atom. The number of hydrogen-bond acceptors (Lipinski definition) is 5. The molecule has 0 bridgehead atoms. The average molecular weight is 431 g/mol. The predicted octanol–water partition coefficient (Wildman–Crippen LogP) is 1.68. The van der Waals surface area contributed by atoms with Crippen molar-refractivity contribution in [3.8, 4) is 0 Å². The number of likely N-dealkylation sites (tertiary alicyclic amines) is 2. The molecule has 170 valence electrons. The third-order valence-corrected chi connectivity index (χ3v) is 7.10. The van der Waals surface area contributed by atoms with E-state index in [2.05, 4.69) is 4.90 Å². The molecule has 0 aliphatic carbocycles. The van der Waals surface area contributed by atoms with Gasteiger partial charge < -0.3 is 19.1 Å². The maximum absolute atomic E-state index is 13.0. The Kier molecular flexibility index (Phi) is 6.95. The fraction of sp³-hybridized carbons (Fsp3) is 0.696. The molecule has 0 N–H and O–H groups in total. The zero-order valence-electron chi connectivity index (χ0n) is 18.5. The fourth-order valence-electron chi connectivity index (χ4n) is 5.02. The Morgan fingerprint density at radius 3 is 2.16 bits per heavy atom. The molecule has 3 fully saturated rings. The lowest BCUT2D eigenvalue weighted by Crippen LogP contribution is -2.57. The molecule has 1 unspecified atom stereocenters. The molecule has 31 heavy (non-hydrogen) atoms. The summed E-state index contributed by atoms with van der Waals surface area (Å²) in [4.78, 5) is 46.2. The van der Waals surface area contributed by atoms with Crippen LogP contribution in [-0.2, 0) is 9.59 Å². The molecule has 4 heterocycles. The lowest BCUT2D eigenvalue weighted by molar-refractivity contribution is -0.141. The van der Waals surface area contributed by atoms with Gasteiger partial charge in [0.2, 0.25) is 11.8 Å². The lowest BCUT2D eigenvalue weighted by atomic mass is 9.94. The Hall–Kier alpha value is -2.35. The third-order valence-electron chi connectivity index (χ3n) is 7.10. The van der Waals surface area contributed by atoms with Crippen LogP contribution in [0.1, 0.15) is 49.4 Å². The van der Waals surface area contributed by atoms with E-state index in [-0.39, 0.29) is 29.7 Å². The summed E-state index contributed by atoms with van der Waals surface area (Å²) in [6, 6.07) is 1.56. The predicted molar refractivity (Wildman–Crippen MR) is 115 cm³/mol. The number of nitrogens with zero attached hydrogens (tertiary/aromatic N) is 4. The van der Waals surface area contributed by atoms with Crippen LogP contribution in [-0.4, -0.2) is 95.7 Å². The number of hydrogen-bond donors (Lipinski definition) is 0. The van der Waals surface area contributed by atoms with Crippen molar-refractivity contribution in [3.63, 3.8) is 0 Å². The van der Waals surface area contributed by atoms with Gasteiger partial charge in [0.1, 0.15) is 6.26 Å². The fourth-order valence-corrected chi connectivity index (χ4v) is 5.02. The molecular formula is C23H34N4O4. The van der Waals surface area contributed by atoms with Crippen LogP contribution in [0, 0.1) is 5.92 Å². The normalized spacial score (nSPS) is 22.4. The summed E-state index contributed by atoms with van der Waals surface area (Å²) in [7, 11) is 0. The molecule has 1 aromatic rings. The summed E-state index contributed by atoms with van der Waals surface area (Å²) in [5, 5.41) is 0. The summed E-state index contributed by atoms with van der Waals surface area (Å²) in [5.41, 5.74) is 0.564. The molecule has 3 aliphatic heterocycles. The Morgan fingerprint density at radius 1 is 0.871 bits per heavy atom. The van der Waals surface area contributed by atoms with E-state index in [0.29, 0.717) is 44.6 Å². The van der Waals surface area contributed by atoms with Crippen molar-refractivity contribution in [3.05, 3.63) is 24.2 Å². The van der Waals surface area contributed by atoms with Gasteiger partial charge in [-0.05, 0) is 45.1 Å². The first-order valence-corrected chi connectivity index (χ1v) is 11.7. The number of piperazine rings is 1. The van der Waals surface area contributed by atoms with Gasteiger partial charge in [0.05, 0.1) is 17.9 Å². The van der Waals surface area contributed by atoms with E-state index in [4.69, 9.17) is 4.42 Å². The van der Waals surface area contributed by atoms with Crippen LogP contribution < -0.4 is 0 Å². The van der Waals surface area contributed by atoms with E-state index in [1.165, 1.54) is 18.9 Å². The maximum Gasteiger partial charge on any atom is 0.257 e. The Balaban J connectivity index is 1.22. The van der Waals surface area contributed by atoms with Gasteiger partial charge in [0.25, 0.3) is 5.91 Å². The van der Waals surface area contributed by atoms with Crippen LogP contribution in [0.2, 0.25) is 0 Å². The second-order valence-electron chi connectivity index (χ2n) is 9.00. The summed E-state index contributed by atoms with van der Waals surface area (Å²) in [5.74, 6) is 0.382. The Labute approximate surface area is 184 Å². The van der Waals surface area contributed by atoms with Crippen molar-refractivity contribution < 1.29 is 18.8 Å². The van der Waals surface area contributed by atoms with Crippen molar-refractivity contribution >= 4 is 17.7 Å². The van der Waals surface area contributed by atoms with Crippen LogP contribution in [0.4, 0.5) is 0 Å². The zero-order valence-corrected chi connectivity index (χ0v) is 18.5. The molecule has 3 saturated heterocycles. The number of carbonyl (C=O) groups is 3. The van der Waals surface area contributed by atoms with Gasteiger partial charge in [-0.2, -0.15) is 0 Å². The van der Waals surface area contributed by atoms with E-state index in [1.54, 1.807) is 11.0 Å². The van der Waals surface area contributed by atoms with Gasteiger partial charge in [-0.25, -0.2) is 0 Å². The van der Waals surface area contributed by atoms with Gasteiger partial charge in [-0.1, -0.05) is 0 Å². The molecule has 3 amide bonds. The molecule has 4 rings (SSSR count). The van der Waals surface area contributed by atoms with Crippen molar-refractivity contribution in [1.29, 1.82) is 0 Å². The number of furan rings is 1. The van der Waals surface area contributed by atoms with Crippen LogP contribution in [0.5, 0.6) is 0 Å². The van der Waals surface area contributed by atoms with Crippen LogP contribution in [0.25, 0.3) is 0 Å². The molecule has 3 aliphatic rings. The summed E-state index contributed by atoms with van der Waals surface area (Å²) < 4.78 is 5.00. The first kappa shape index (κ1) is 21.9. The molecule has 1 aromatic heterocycles. The number of piperidine rings is 2. The smallest absolute Gasteiger partial charge is 0.257 e. The van der Waals surface area contributed by atoms with Crippen molar-refractivity contribution in [2.24, 2.45) is 5.92 Å². The molecule has 0 radical (unpaired) electrons. The number of rotatable bonds is 4. The van der Waals surface area contributed by atoms with E-state index >= 15 is 0 Å². The maximum atomic E-state index is 13.0. The molecular weight excluding hydrogens is 396 g/mol. The van der Waals surface area contributed by atoms with Gasteiger partial charge >= 0.3 is 0 Å². The van der Waals surface area contributed by atoms with Gasteiger partial charge in [-0.3, -0.25) is 19.3 Å². The van der Waals surface area contributed by atoms with Crippen LogP contribution in [0.15, 0.2) is 23.0 Å². The monoisotopic (exact) mass is 430 g/mol. The van der Waals surface area contributed by atoms with E-state index in [0.717, 1.165) is 39.0 Å². The van der Waals surface area contributed by atoms with Crippen LogP contribution in [0.3, 0.4) is 0 Å². The number of amides is 3. The topological polar surface area (TPSA) is 77.3 Å². The van der Waals surface area contributed by atoms with E-state index in [9.17, 15) is 14.4 Å². The third kappa shape index (κ3) is 4.95. The second kappa shape index (κ2) is 9.85. The lowest BCUT2D eigenvalue weighted by Gasteiger charge is -2.41. The van der Waals surface area contributed by atoms with Crippen molar-refractivity contribution in [2.75, 3.05) is 52.4 Å². The molecule has 1 atom stereocenters. The molecule has 0 saturated carbocycles. The minimum atomic E-state index is -0.118. The second-order valence-corrected chi connectivity index (χ2v) is 9.00. The van der Waals surface area contributed by atoms with Gasteiger partial charge in [-0.15, -0.1) is 0 Å². The highest BCUT2D eigenvalue weighted by molar-refractivity contribution is 5.94. The van der Waals surface area contributed by atoms with Gasteiger partial charge in [0.15, 0.2) is 0 Å². The highest BCUT2D eigenvalue weighted by atomic mass is 16.3. The van der Waals surface area contributed by atoms with Crippen LogP contribution >= 0.6 is 0 Å². The molecule has 0 aromatic carbocycles. The molecule has 8 nitrogen and oxygen atoms in total. The SMILES string of the molecule is CC(C(=O)N1CCCCC1)N1CCN(C(=O)C2CCN(C(=O)c3ccoc3)CC2)CC1. The minimum absolute atomic E-state index is 0.0210. The number of carbonyl (C=O) groups excluding carboxylic acids is 3. The summed E-state index contributed by atoms with van der Waals surface area (Å²) in [6.07, 6.45) is 7.80. The standard InChI is InChI=1S/C23H34N4O4/c1-18(21(28)25-8-3-2-4-9-25)24-12-14-27(15-13-24)22(29)19-5-10-26(11-6-19)23(30)20-7-16-31-17-20/h7,16-19H,2-6,8-15H2,1H3. The quantitative estimate of drug-likeness (QED) is 0.726. The molecule has 8 heteroatoms. The first-order valence-electron chi connectivity index (χ1n) is 11.7. The van der Waals surface area contributed by atoms with Crippen molar-refractivity contribution in [1.82, 2.24) is 19.6 Å². The van der Waals surface area contributed by atoms with E-state index < -0.39 is 0 Å². The highest BCUT2D eigenvalue weighted by Crippen LogP contribution is 2.23. The first-order chi connectivity index (χ1) is 15.0. The molecule has 0 spiro atoms.